The van der Waals surface area contributed by atoms with Gasteiger partial charge in [0.1, 0.15) is 22.9 Å². The monoisotopic (exact) mass is 1090 g/mol. The molecule has 0 aliphatic carbocycles. The second-order valence-corrected chi connectivity index (χ2v) is 19.2. The van der Waals surface area contributed by atoms with Gasteiger partial charge in [0.15, 0.2) is 17.2 Å². The lowest BCUT2D eigenvalue weighted by molar-refractivity contribution is 0.227. The SMILES string of the molecule is CCCCC(CC)COc1ccc(C)c(-c2c(C)ccc(OCC(CC)CCCC)c2OC#N)c1N=C=O.N#COc1ccc2ccccc2c1-c1c(N=C=O)ccc2ccccc12.N#COc1ccccc1-c1ccccc1OC#N. The van der Waals surface area contributed by atoms with E-state index in [9.17, 15) is 14.9 Å². The van der Waals surface area contributed by atoms with Crippen molar-refractivity contribution in [2.24, 2.45) is 21.8 Å². The van der Waals surface area contributed by atoms with Crippen LogP contribution in [0.1, 0.15) is 90.2 Å². The Hall–Kier alpha value is -10.2. The zero-order valence-corrected chi connectivity index (χ0v) is 47.0. The fourth-order valence-electron chi connectivity index (χ4n) is 9.67. The van der Waals surface area contributed by atoms with Crippen LogP contribution in [0.3, 0.4) is 0 Å². The summed E-state index contributed by atoms with van der Waals surface area (Å²) in [6, 6.07) is 44.7. The van der Waals surface area contributed by atoms with Gasteiger partial charge in [-0.15, -0.1) is 21.0 Å². The smallest absolute Gasteiger partial charge is 0.292 e. The van der Waals surface area contributed by atoms with Crippen molar-refractivity contribution in [1.82, 2.24) is 0 Å². The molecule has 0 bridgehead atoms. The van der Waals surface area contributed by atoms with Crippen molar-refractivity contribution in [3.05, 3.63) is 157 Å². The Morgan fingerprint density at radius 1 is 0.439 bits per heavy atom. The molecule has 0 amide bonds. The van der Waals surface area contributed by atoms with Crippen molar-refractivity contribution in [1.29, 1.82) is 21.0 Å². The molecule has 0 spiro atoms. The number of para-hydroxylation sites is 2. The third kappa shape index (κ3) is 15.5. The van der Waals surface area contributed by atoms with Gasteiger partial charge in [-0.3, -0.25) is 0 Å². The molecule has 82 heavy (non-hydrogen) atoms. The number of hydrogen-bond donors (Lipinski definition) is 0. The number of fused-ring (bicyclic) bond motifs is 2. The molecule has 0 saturated heterocycles. The summed E-state index contributed by atoms with van der Waals surface area (Å²) in [4.78, 5) is 30.5. The van der Waals surface area contributed by atoms with Gasteiger partial charge < -0.3 is 28.4 Å². The molecule has 14 heteroatoms. The van der Waals surface area contributed by atoms with Crippen molar-refractivity contribution < 1.29 is 38.0 Å². The zero-order valence-electron chi connectivity index (χ0n) is 47.0. The third-order valence-electron chi connectivity index (χ3n) is 14.0. The lowest BCUT2D eigenvalue weighted by Gasteiger charge is -2.22. The van der Waals surface area contributed by atoms with Crippen LogP contribution in [0.4, 0.5) is 11.4 Å². The van der Waals surface area contributed by atoms with Gasteiger partial charge in [0.05, 0.1) is 18.9 Å². The van der Waals surface area contributed by atoms with E-state index in [0.29, 0.717) is 93.2 Å². The zero-order chi connectivity index (χ0) is 58.6. The number of ether oxygens (including phenoxy) is 6. The number of isocyanates is 2. The Kier molecular flexibility index (Phi) is 23.8. The molecule has 0 N–H and O–H groups in total. The van der Waals surface area contributed by atoms with Crippen molar-refractivity contribution in [3.8, 4) is 92.9 Å². The first-order valence-electron chi connectivity index (χ1n) is 27.3. The van der Waals surface area contributed by atoms with E-state index in [1.807, 2.05) is 117 Å². The minimum Gasteiger partial charge on any atom is -0.491 e. The summed E-state index contributed by atoms with van der Waals surface area (Å²) < 4.78 is 33.1. The summed E-state index contributed by atoms with van der Waals surface area (Å²) >= 11 is 0. The molecular formula is C68H64N6O8. The first-order valence-corrected chi connectivity index (χ1v) is 27.3. The highest BCUT2D eigenvalue weighted by molar-refractivity contribution is 6.11. The normalized spacial score (nSPS) is 10.9. The van der Waals surface area contributed by atoms with Crippen LogP contribution < -0.4 is 28.4 Å². The number of nitrogens with zero attached hydrogens (tertiary/aromatic N) is 6. The molecule has 14 nitrogen and oxygen atoms in total. The summed E-state index contributed by atoms with van der Waals surface area (Å²) in [5.41, 5.74) is 6.85. The van der Waals surface area contributed by atoms with Crippen molar-refractivity contribution in [2.75, 3.05) is 13.2 Å². The summed E-state index contributed by atoms with van der Waals surface area (Å²) in [6.45, 7) is 13.7. The molecule has 0 aliphatic heterocycles. The second kappa shape index (κ2) is 32.0. The molecule has 0 aliphatic rings. The summed E-state index contributed by atoms with van der Waals surface area (Å²) in [7, 11) is 0. The molecule has 2 unspecified atom stereocenters. The maximum atomic E-state index is 11.6. The largest absolute Gasteiger partial charge is 0.491 e. The standard InChI is InChI=1S/C32H44N2O4.C22H12N2O2.C14H8N2O2/c1-7-11-13-25(9-3)19-36-27-17-15-23(5)29(31(27)34-22-35)30-24(6)16-18-28(32(30)38-21-33)37-20-26(10-4)14-12-8-2;23-13-26-20-12-10-16-6-2-4-8-18(16)22(20)21-17-7-3-1-5-15(17)9-11-19(21)24-14-25;15-9-17-13-7-3-1-5-11(13)12-6-2-4-8-14(12)18-10-16/h15-18,25-26H,7-14,19-20H2,1-6H3;1-12H;1-8H. The van der Waals surface area contributed by atoms with E-state index in [1.165, 1.54) is 0 Å². The van der Waals surface area contributed by atoms with Crippen LogP contribution in [0.25, 0.3) is 54.9 Å². The first kappa shape index (κ1) is 61.0. The minimum absolute atomic E-state index is 0.329. The molecule has 414 valence electrons. The lowest BCUT2D eigenvalue weighted by atomic mass is 9.92. The highest BCUT2D eigenvalue weighted by Crippen LogP contribution is 2.50. The van der Waals surface area contributed by atoms with E-state index in [2.05, 4.69) is 37.7 Å². The Morgan fingerprint density at radius 3 is 1.41 bits per heavy atom. The summed E-state index contributed by atoms with van der Waals surface area (Å²) in [6.07, 6.45) is 19.0. The molecule has 0 aromatic heterocycles. The third-order valence-corrected chi connectivity index (χ3v) is 14.0. The van der Waals surface area contributed by atoms with E-state index in [-0.39, 0.29) is 0 Å². The average Bonchev–Trinajstić information content (AvgIpc) is 2.63. The van der Waals surface area contributed by atoms with E-state index in [0.717, 1.165) is 95.2 Å². The fraction of sp³-hybridized carbons (Fsp3) is 0.265. The van der Waals surface area contributed by atoms with E-state index in [1.54, 1.807) is 79.5 Å². The number of aliphatic imine (C=N–C) groups is 2. The van der Waals surface area contributed by atoms with Crippen molar-refractivity contribution in [3.63, 3.8) is 0 Å². The predicted octanol–water partition coefficient (Wildman–Crippen LogP) is 17.5. The number of hydrogen-bond acceptors (Lipinski definition) is 14. The van der Waals surface area contributed by atoms with Crippen LogP contribution >= 0.6 is 0 Å². The molecule has 0 fully saturated rings. The Bertz CT molecular complexity index is 3690. The highest BCUT2D eigenvalue weighted by Gasteiger charge is 2.25. The Balaban J connectivity index is 0.000000211. The summed E-state index contributed by atoms with van der Waals surface area (Å²) in [5, 5.41) is 39.7. The van der Waals surface area contributed by atoms with Gasteiger partial charge in [0, 0.05) is 33.4 Å². The molecule has 8 rings (SSSR count). The number of carbonyl (C=O) groups excluding carboxylic acids is 2. The van der Waals surface area contributed by atoms with Gasteiger partial charge in [-0.1, -0.05) is 175 Å². The Morgan fingerprint density at radius 2 is 0.890 bits per heavy atom. The van der Waals surface area contributed by atoms with Gasteiger partial charge in [-0.05, 0) is 108 Å². The van der Waals surface area contributed by atoms with Crippen LogP contribution in [-0.4, -0.2) is 25.4 Å². The quantitative estimate of drug-likeness (QED) is 0.0333. The van der Waals surface area contributed by atoms with Crippen LogP contribution in [0.15, 0.2) is 156 Å². The van der Waals surface area contributed by atoms with Crippen LogP contribution in [0, 0.1) is 71.8 Å². The number of aryl methyl sites for hydroxylation is 2. The molecule has 0 radical (unpaired) electrons. The Labute approximate surface area is 479 Å². The van der Waals surface area contributed by atoms with Crippen LogP contribution in [0.5, 0.6) is 34.5 Å². The number of nitriles is 4. The van der Waals surface area contributed by atoms with Gasteiger partial charge >= 0.3 is 0 Å². The van der Waals surface area contributed by atoms with Gasteiger partial charge in [0.2, 0.25) is 12.2 Å². The topological polar surface area (TPSA) is 209 Å². The van der Waals surface area contributed by atoms with Crippen molar-refractivity contribution >= 4 is 45.1 Å². The maximum absolute atomic E-state index is 11.6. The van der Waals surface area contributed by atoms with Gasteiger partial charge in [0.25, 0.3) is 25.0 Å². The second-order valence-electron chi connectivity index (χ2n) is 19.2. The van der Waals surface area contributed by atoms with Crippen molar-refractivity contribution in [2.45, 2.75) is 92.9 Å². The van der Waals surface area contributed by atoms with E-state index < -0.39 is 0 Å². The minimum atomic E-state index is 0.329. The molecule has 0 saturated carbocycles. The van der Waals surface area contributed by atoms with Gasteiger partial charge in [-0.2, -0.15) is 9.98 Å². The molecule has 2 atom stereocenters. The van der Waals surface area contributed by atoms with E-state index in [4.69, 9.17) is 44.2 Å². The highest BCUT2D eigenvalue weighted by atomic mass is 16.5. The number of rotatable bonds is 23. The number of benzene rings is 8. The fourth-order valence-corrected chi connectivity index (χ4v) is 9.67. The molecule has 8 aromatic rings. The molecule has 0 heterocycles. The van der Waals surface area contributed by atoms with Crippen LogP contribution in [0.2, 0.25) is 0 Å². The van der Waals surface area contributed by atoms with Crippen LogP contribution in [-0.2, 0) is 9.59 Å². The van der Waals surface area contributed by atoms with E-state index >= 15 is 0 Å². The molecule has 8 aromatic carbocycles. The predicted molar refractivity (Wildman–Crippen MR) is 318 cm³/mol. The maximum Gasteiger partial charge on any atom is 0.292 e. The summed E-state index contributed by atoms with van der Waals surface area (Å²) in [5.74, 6) is 3.45. The first-order chi connectivity index (χ1) is 40.1. The van der Waals surface area contributed by atoms with Gasteiger partial charge in [-0.25, -0.2) is 9.59 Å². The average molecular weight is 1090 g/mol. The molecular weight excluding hydrogens is 1030 g/mol. The number of unbranched alkanes of at least 4 members (excludes halogenated alkanes) is 2. The lowest BCUT2D eigenvalue weighted by Crippen LogP contribution is -2.12.